The molecule has 1 aliphatic carbocycles. The van der Waals surface area contributed by atoms with E-state index in [1.165, 1.54) is 0 Å². The number of anilines is 3. The van der Waals surface area contributed by atoms with Crippen molar-refractivity contribution in [3.63, 3.8) is 0 Å². The minimum Gasteiger partial charge on any atom is -0.478 e. The second-order valence-corrected chi connectivity index (χ2v) is 8.24. The van der Waals surface area contributed by atoms with E-state index in [0.717, 1.165) is 43.4 Å². The summed E-state index contributed by atoms with van der Waals surface area (Å²) < 4.78 is 2.07. The first kappa shape index (κ1) is 21.0. The molecule has 1 saturated carbocycles. The molecule has 9 nitrogen and oxygen atoms in total. The van der Waals surface area contributed by atoms with Gasteiger partial charge in [0.1, 0.15) is 0 Å². The number of carboxylic acids is 1. The van der Waals surface area contributed by atoms with Crippen molar-refractivity contribution in [3.8, 4) is 0 Å². The molecule has 2 aromatic heterocycles. The molecule has 0 bridgehead atoms. The standard InChI is InChI=1S/C22H29N7O2/c1-3-13(2)29-12-24-18-19(25-16-8-4-14(5-9-16)21(30)31)27-22(28-20(18)29)26-17-10-6-15(23)7-11-17/h4-5,8-9,12-13,15,17H,3,6-7,10-11,23H2,1-2H3,(H,30,31)(H2,25,26,27,28). The Hall–Kier alpha value is -3.20. The van der Waals surface area contributed by atoms with Crippen molar-refractivity contribution in [2.24, 2.45) is 5.73 Å². The SMILES string of the molecule is CCC(C)n1cnc2c(Nc3ccc(C(=O)O)cc3)nc(NC3CCC(N)CC3)nc21. The molecule has 0 spiro atoms. The fraction of sp³-hybridized carbons (Fsp3) is 0.455. The van der Waals surface area contributed by atoms with Gasteiger partial charge in [0.05, 0.1) is 11.9 Å². The van der Waals surface area contributed by atoms with Gasteiger partial charge in [0, 0.05) is 23.8 Å². The maximum absolute atomic E-state index is 11.1. The predicted octanol–water partition coefficient (Wildman–Crippen LogP) is 3.92. The van der Waals surface area contributed by atoms with E-state index in [0.29, 0.717) is 23.3 Å². The molecular weight excluding hydrogens is 394 g/mol. The number of rotatable bonds is 7. The van der Waals surface area contributed by atoms with Gasteiger partial charge >= 0.3 is 5.97 Å². The largest absolute Gasteiger partial charge is 0.478 e. The van der Waals surface area contributed by atoms with Crippen molar-refractivity contribution >= 4 is 34.6 Å². The average Bonchev–Trinajstić information content (AvgIpc) is 3.19. The number of imidazole rings is 1. The summed E-state index contributed by atoms with van der Waals surface area (Å²) in [6, 6.07) is 7.38. The first-order valence-corrected chi connectivity index (χ1v) is 10.8. The fourth-order valence-corrected chi connectivity index (χ4v) is 3.87. The molecule has 5 N–H and O–H groups in total. The zero-order valence-electron chi connectivity index (χ0n) is 17.9. The van der Waals surface area contributed by atoms with Gasteiger partial charge in [-0.1, -0.05) is 6.92 Å². The lowest BCUT2D eigenvalue weighted by molar-refractivity contribution is 0.0697. The normalized spacial score (nSPS) is 19.8. The molecule has 1 aliphatic rings. The van der Waals surface area contributed by atoms with Crippen LogP contribution in [0.2, 0.25) is 0 Å². The summed E-state index contributed by atoms with van der Waals surface area (Å²) in [4.78, 5) is 25.2. The summed E-state index contributed by atoms with van der Waals surface area (Å²) in [6.07, 6.45) is 6.73. The van der Waals surface area contributed by atoms with E-state index >= 15 is 0 Å². The summed E-state index contributed by atoms with van der Waals surface area (Å²) >= 11 is 0. The number of hydrogen-bond donors (Lipinski definition) is 4. The molecule has 1 unspecified atom stereocenters. The van der Waals surface area contributed by atoms with Crippen LogP contribution in [0.15, 0.2) is 30.6 Å². The number of carbonyl (C=O) groups is 1. The van der Waals surface area contributed by atoms with E-state index in [1.54, 1.807) is 30.6 Å². The van der Waals surface area contributed by atoms with E-state index in [1.807, 2.05) is 0 Å². The third-order valence-electron chi connectivity index (χ3n) is 5.99. The van der Waals surface area contributed by atoms with Crippen LogP contribution in [0.4, 0.5) is 17.5 Å². The number of aromatic nitrogens is 4. The zero-order chi connectivity index (χ0) is 22.0. The minimum absolute atomic E-state index is 0.234. The highest BCUT2D eigenvalue weighted by Gasteiger charge is 2.21. The maximum atomic E-state index is 11.1. The first-order chi connectivity index (χ1) is 14.9. The van der Waals surface area contributed by atoms with E-state index in [4.69, 9.17) is 20.8 Å². The van der Waals surface area contributed by atoms with Gasteiger partial charge in [0.2, 0.25) is 5.95 Å². The maximum Gasteiger partial charge on any atom is 0.335 e. The number of aromatic carboxylic acids is 1. The molecule has 164 valence electrons. The Morgan fingerprint density at radius 3 is 2.58 bits per heavy atom. The lowest BCUT2D eigenvalue weighted by Gasteiger charge is -2.27. The number of nitrogens with one attached hydrogen (secondary N) is 2. The van der Waals surface area contributed by atoms with Gasteiger partial charge in [-0.15, -0.1) is 0 Å². The summed E-state index contributed by atoms with van der Waals surface area (Å²) in [5.41, 5.74) is 8.46. The van der Waals surface area contributed by atoms with Crippen LogP contribution in [0.25, 0.3) is 11.2 Å². The Balaban J connectivity index is 1.68. The van der Waals surface area contributed by atoms with Gasteiger partial charge < -0.3 is 26.0 Å². The summed E-state index contributed by atoms with van der Waals surface area (Å²) in [5, 5.41) is 15.9. The van der Waals surface area contributed by atoms with Gasteiger partial charge in [-0.05, 0) is 63.3 Å². The highest BCUT2D eigenvalue weighted by molar-refractivity contribution is 5.89. The van der Waals surface area contributed by atoms with Gasteiger partial charge in [-0.3, -0.25) is 0 Å². The van der Waals surface area contributed by atoms with Crippen molar-refractivity contribution < 1.29 is 9.90 Å². The van der Waals surface area contributed by atoms with Crippen LogP contribution in [0.5, 0.6) is 0 Å². The van der Waals surface area contributed by atoms with Crippen LogP contribution >= 0.6 is 0 Å². The quantitative estimate of drug-likeness (QED) is 0.450. The highest BCUT2D eigenvalue weighted by Crippen LogP contribution is 2.28. The van der Waals surface area contributed by atoms with Crippen LogP contribution in [0, 0.1) is 0 Å². The Bertz CT molecular complexity index is 1060. The van der Waals surface area contributed by atoms with Gasteiger partial charge in [-0.2, -0.15) is 9.97 Å². The third-order valence-corrected chi connectivity index (χ3v) is 5.99. The van der Waals surface area contributed by atoms with Crippen LogP contribution in [0.3, 0.4) is 0 Å². The number of nitrogens with zero attached hydrogens (tertiary/aromatic N) is 4. The molecule has 1 fully saturated rings. The molecule has 31 heavy (non-hydrogen) atoms. The zero-order valence-corrected chi connectivity index (χ0v) is 17.9. The number of carboxylic acid groups (broad SMARTS) is 1. The number of hydrogen-bond acceptors (Lipinski definition) is 7. The molecule has 0 aliphatic heterocycles. The molecule has 4 rings (SSSR count). The Morgan fingerprint density at radius 2 is 1.94 bits per heavy atom. The van der Waals surface area contributed by atoms with Crippen LogP contribution in [-0.4, -0.2) is 42.7 Å². The van der Waals surface area contributed by atoms with Crippen LogP contribution < -0.4 is 16.4 Å². The van der Waals surface area contributed by atoms with Crippen LogP contribution in [0.1, 0.15) is 62.4 Å². The molecule has 1 aromatic carbocycles. The lowest BCUT2D eigenvalue weighted by Crippen LogP contribution is -2.33. The Labute approximate surface area is 181 Å². The van der Waals surface area contributed by atoms with Gasteiger partial charge in [0.25, 0.3) is 0 Å². The number of fused-ring (bicyclic) bond motifs is 1. The summed E-state index contributed by atoms with van der Waals surface area (Å²) in [7, 11) is 0. The average molecular weight is 424 g/mol. The second kappa shape index (κ2) is 8.89. The lowest BCUT2D eigenvalue weighted by atomic mass is 9.92. The summed E-state index contributed by atoms with van der Waals surface area (Å²) in [5.74, 6) is 0.190. The van der Waals surface area contributed by atoms with Gasteiger partial charge in [-0.25, -0.2) is 9.78 Å². The van der Waals surface area contributed by atoms with Crippen LogP contribution in [-0.2, 0) is 0 Å². The summed E-state index contributed by atoms with van der Waals surface area (Å²) in [6.45, 7) is 4.27. The molecule has 3 aromatic rings. The topological polar surface area (TPSA) is 131 Å². The molecule has 0 amide bonds. The molecule has 0 saturated heterocycles. The molecule has 1 atom stereocenters. The fourth-order valence-electron chi connectivity index (χ4n) is 3.87. The third kappa shape index (κ3) is 4.61. The van der Waals surface area contributed by atoms with E-state index in [9.17, 15) is 4.79 Å². The molecular formula is C22H29N7O2. The van der Waals surface area contributed by atoms with E-state index in [2.05, 4.69) is 34.0 Å². The van der Waals surface area contributed by atoms with Crippen molar-refractivity contribution in [1.29, 1.82) is 0 Å². The van der Waals surface area contributed by atoms with Crippen molar-refractivity contribution in [2.45, 2.75) is 64.1 Å². The first-order valence-electron chi connectivity index (χ1n) is 10.8. The van der Waals surface area contributed by atoms with Gasteiger partial charge in [0.15, 0.2) is 17.0 Å². The van der Waals surface area contributed by atoms with Crippen molar-refractivity contribution in [1.82, 2.24) is 19.5 Å². The highest BCUT2D eigenvalue weighted by atomic mass is 16.4. The monoisotopic (exact) mass is 423 g/mol. The Kier molecular flexibility index (Phi) is 6.03. The molecule has 0 radical (unpaired) electrons. The predicted molar refractivity (Wildman–Crippen MR) is 121 cm³/mol. The van der Waals surface area contributed by atoms with Crippen molar-refractivity contribution in [2.75, 3.05) is 10.6 Å². The Morgan fingerprint density at radius 1 is 1.23 bits per heavy atom. The minimum atomic E-state index is -0.957. The van der Waals surface area contributed by atoms with E-state index in [-0.39, 0.29) is 17.6 Å². The number of benzene rings is 1. The second-order valence-electron chi connectivity index (χ2n) is 8.24. The smallest absolute Gasteiger partial charge is 0.335 e. The van der Waals surface area contributed by atoms with Crippen molar-refractivity contribution in [3.05, 3.63) is 36.2 Å². The molecule has 9 heteroatoms. The van der Waals surface area contributed by atoms with E-state index < -0.39 is 5.97 Å². The number of nitrogens with two attached hydrogens (primary N) is 1. The molecule has 2 heterocycles.